The van der Waals surface area contributed by atoms with Crippen molar-refractivity contribution in [2.45, 2.75) is 38.9 Å². The van der Waals surface area contributed by atoms with Crippen molar-refractivity contribution >= 4 is 12.6 Å². The van der Waals surface area contributed by atoms with Gasteiger partial charge in [0.2, 0.25) is 5.88 Å². The number of ether oxygens (including phenoxy) is 1. The predicted molar refractivity (Wildman–Crippen MR) is 66.5 cm³/mol. The number of nitrogens with zero attached hydrogens (tertiary/aromatic N) is 1. The van der Waals surface area contributed by atoms with Crippen LogP contribution in [0.3, 0.4) is 0 Å². The Morgan fingerprint density at radius 3 is 2.53 bits per heavy atom. The number of hydrogen-bond donors (Lipinski definition) is 0. The maximum atomic E-state index is 7.08. The molecule has 0 bridgehead atoms. The van der Waals surface area contributed by atoms with E-state index < -0.39 is 25.4 Å². The van der Waals surface area contributed by atoms with Crippen molar-refractivity contribution in [1.29, 1.82) is 0 Å². The van der Waals surface area contributed by atoms with E-state index in [2.05, 4.69) is 4.98 Å². The fourth-order valence-electron chi connectivity index (χ4n) is 1.61. The smallest absolute Gasteiger partial charge is 0.481 e. The van der Waals surface area contributed by atoms with E-state index in [-0.39, 0.29) is 5.88 Å². The third kappa shape index (κ3) is 2.17. The van der Waals surface area contributed by atoms with E-state index >= 15 is 0 Å². The topological polar surface area (TPSA) is 40.6 Å². The lowest BCUT2D eigenvalue weighted by molar-refractivity contribution is 0.00578. The Kier molecular flexibility index (Phi) is 2.10. The van der Waals surface area contributed by atoms with Crippen molar-refractivity contribution in [3.63, 3.8) is 0 Å². The fourth-order valence-corrected chi connectivity index (χ4v) is 1.61. The van der Waals surface area contributed by atoms with Gasteiger partial charge in [0.15, 0.2) is 0 Å². The molecule has 0 atom stereocenters. The maximum absolute atomic E-state index is 7.08. The van der Waals surface area contributed by atoms with Gasteiger partial charge in [0.1, 0.15) is 0 Å². The van der Waals surface area contributed by atoms with Gasteiger partial charge in [-0.3, -0.25) is 0 Å². The summed E-state index contributed by atoms with van der Waals surface area (Å²) in [5.41, 5.74) is -0.226. The van der Waals surface area contributed by atoms with Gasteiger partial charge < -0.3 is 14.0 Å². The molecule has 1 aliphatic heterocycles. The molecule has 0 amide bonds. The SMILES string of the molecule is [2H]C([2H])([2H])Oc1cc(B2OC(C)(C)C(C)(C)O2)ccn1. The molecule has 1 aromatic rings. The third-order valence-corrected chi connectivity index (χ3v) is 3.39. The minimum Gasteiger partial charge on any atom is -0.481 e. The van der Waals surface area contributed by atoms with Crippen LogP contribution in [0.25, 0.3) is 0 Å². The van der Waals surface area contributed by atoms with Gasteiger partial charge in [-0.15, -0.1) is 0 Å². The second-order valence-corrected chi connectivity index (χ2v) is 5.12. The molecule has 2 rings (SSSR count). The molecule has 0 saturated carbocycles. The molecule has 17 heavy (non-hydrogen) atoms. The summed E-state index contributed by atoms with van der Waals surface area (Å²) in [6.45, 7) is 7.81. The van der Waals surface area contributed by atoms with Crippen LogP contribution in [0, 0.1) is 0 Å². The van der Waals surface area contributed by atoms with Crippen molar-refractivity contribution in [3.05, 3.63) is 18.3 Å². The van der Waals surface area contributed by atoms with Crippen LogP contribution in [0.5, 0.6) is 5.88 Å². The summed E-state index contributed by atoms with van der Waals surface area (Å²) in [6, 6.07) is 3.24. The third-order valence-electron chi connectivity index (χ3n) is 3.39. The van der Waals surface area contributed by atoms with Crippen LogP contribution >= 0.6 is 0 Å². The van der Waals surface area contributed by atoms with Gasteiger partial charge in [0.05, 0.1) is 22.4 Å². The Bertz CT molecular complexity index is 489. The number of hydrogen-bond acceptors (Lipinski definition) is 4. The molecular weight excluding hydrogens is 217 g/mol. The fraction of sp³-hybridized carbons (Fsp3) is 0.583. The minimum atomic E-state index is -2.53. The molecule has 2 heterocycles. The lowest BCUT2D eigenvalue weighted by Gasteiger charge is -2.32. The standard InChI is InChI=1S/C12H18BNO3/c1-11(2)12(3,4)17-13(16-11)9-6-7-14-10(8-9)15-5/h6-8H,1-5H3/i5D3. The molecule has 0 N–H and O–H groups in total. The highest BCUT2D eigenvalue weighted by molar-refractivity contribution is 6.62. The van der Waals surface area contributed by atoms with E-state index in [1.165, 1.54) is 12.3 Å². The Hall–Kier alpha value is -1.07. The van der Waals surface area contributed by atoms with Gasteiger partial charge in [-0.05, 0) is 39.2 Å². The Labute approximate surface area is 107 Å². The Balaban J connectivity index is 2.21. The lowest BCUT2D eigenvalue weighted by atomic mass is 9.80. The zero-order valence-electron chi connectivity index (χ0n) is 13.5. The minimum absolute atomic E-state index is 0.0252. The first-order valence-electron chi connectivity index (χ1n) is 7.01. The summed E-state index contributed by atoms with van der Waals surface area (Å²) < 4.78 is 37.8. The summed E-state index contributed by atoms with van der Waals surface area (Å²) >= 11 is 0. The first kappa shape index (κ1) is 8.94. The molecule has 0 unspecified atom stereocenters. The molecule has 0 spiro atoms. The Morgan fingerprint density at radius 2 is 1.94 bits per heavy atom. The zero-order chi connectivity index (χ0) is 15.2. The predicted octanol–water partition coefficient (Wildman–Crippen LogP) is 1.39. The second kappa shape index (κ2) is 4.00. The average Bonchev–Trinajstić information content (AvgIpc) is 2.46. The molecule has 1 aliphatic rings. The van der Waals surface area contributed by atoms with Crippen molar-refractivity contribution in [3.8, 4) is 5.88 Å². The molecule has 5 heteroatoms. The van der Waals surface area contributed by atoms with E-state index in [0.717, 1.165) is 0 Å². The largest absolute Gasteiger partial charge is 0.495 e. The molecular formula is C12H18BNO3. The van der Waals surface area contributed by atoms with Gasteiger partial charge in [0, 0.05) is 12.3 Å². The lowest BCUT2D eigenvalue weighted by Crippen LogP contribution is -2.41. The van der Waals surface area contributed by atoms with Crippen molar-refractivity contribution in [2.24, 2.45) is 0 Å². The van der Waals surface area contributed by atoms with Gasteiger partial charge in [-0.1, -0.05) is 0 Å². The van der Waals surface area contributed by atoms with Gasteiger partial charge in [0.25, 0.3) is 0 Å². The average molecular weight is 238 g/mol. The highest BCUT2D eigenvalue weighted by Gasteiger charge is 2.51. The van der Waals surface area contributed by atoms with E-state index in [1.54, 1.807) is 6.07 Å². The first-order valence-corrected chi connectivity index (χ1v) is 5.51. The molecule has 1 saturated heterocycles. The summed E-state index contributed by atoms with van der Waals surface area (Å²) in [6.07, 6.45) is 1.47. The van der Waals surface area contributed by atoms with Crippen molar-refractivity contribution in [2.75, 3.05) is 7.04 Å². The second-order valence-electron chi connectivity index (χ2n) is 5.12. The molecule has 0 radical (unpaired) electrons. The molecule has 4 nitrogen and oxygen atoms in total. The normalized spacial score (nSPS) is 24.9. The summed E-state index contributed by atoms with van der Waals surface area (Å²) in [5.74, 6) is 0.0252. The number of rotatable bonds is 2. The highest BCUT2D eigenvalue weighted by Crippen LogP contribution is 2.36. The van der Waals surface area contributed by atoms with Gasteiger partial charge in [-0.25, -0.2) is 4.98 Å². The van der Waals surface area contributed by atoms with Crippen LogP contribution in [0.15, 0.2) is 18.3 Å². The van der Waals surface area contributed by atoms with Crippen LogP contribution < -0.4 is 10.2 Å². The van der Waals surface area contributed by atoms with Crippen LogP contribution in [0.4, 0.5) is 0 Å². The van der Waals surface area contributed by atoms with E-state index in [4.69, 9.17) is 18.2 Å². The molecule has 92 valence electrons. The summed E-state index contributed by atoms with van der Waals surface area (Å²) in [5, 5.41) is 0. The zero-order valence-corrected chi connectivity index (χ0v) is 10.5. The number of methoxy groups -OCH3 is 1. The van der Waals surface area contributed by atoms with E-state index in [1.807, 2.05) is 27.7 Å². The molecule has 0 aromatic carbocycles. The van der Waals surface area contributed by atoms with Crippen LogP contribution in [-0.2, 0) is 9.31 Å². The van der Waals surface area contributed by atoms with Gasteiger partial charge >= 0.3 is 7.12 Å². The van der Waals surface area contributed by atoms with E-state index in [0.29, 0.717) is 5.46 Å². The monoisotopic (exact) mass is 238 g/mol. The van der Waals surface area contributed by atoms with Crippen LogP contribution in [0.1, 0.15) is 31.8 Å². The quantitative estimate of drug-likeness (QED) is 0.730. The van der Waals surface area contributed by atoms with Crippen molar-refractivity contribution < 1.29 is 18.2 Å². The van der Waals surface area contributed by atoms with Gasteiger partial charge in [-0.2, -0.15) is 0 Å². The van der Waals surface area contributed by atoms with Crippen LogP contribution in [0.2, 0.25) is 0 Å². The summed E-state index contributed by atoms with van der Waals surface area (Å²) in [7, 11) is -3.09. The Morgan fingerprint density at radius 1 is 1.29 bits per heavy atom. The number of aromatic nitrogens is 1. The summed E-state index contributed by atoms with van der Waals surface area (Å²) in [4.78, 5) is 3.88. The first-order chi connectivity index (χ1) is 9.00. The van der Waals surface area contributed by atoms with E-state index in [9.17, 15) is 0 Å². The highest BCUT2D eigenvalue weighted by atomic mass is 16.7. The molecule has 1 aromatic heterocycles. The van der Waals surface area contributed by atoms with Crippen LogP contribution in [-0.4, -0.2) is 30.3 Å². The van der Waals surface area contributed by atoms with Crippen molar-refractivity contribution in [1.82, 2.24) is 4.98 Å². The molecule has 0 aliphatic carbocycles. The maximum Gasteiger partial charge on any atom is 0.495 e. The molecule has 1 fully saturated rings. The number of pyridine rings is 1.